The highest BCUT2D eigenvalue weighted by atomic mass is 19.1. The van der Waals surface area contributed by atoms with Crippen LogP contribution in [0.25, 0.3) is 0 Å². The Bertz CT molecular complexity index is 612. The number of hydrogen-bond acceptors (Lipinski definition) is 4. The average Bonchev–Trinajstić information content (AvgIpc) is 2.84. The van der Waals surface area contributed by atoms with Gasteiger partial charge in [-0.1, -0.05) is 0 Å². The van der Waals surface area contributed by atoms with E-state index in [0.717, 1.165) is 0 Å². The Morgan fingerprint density at radius 1 is 1.55 bits per heavy atom. The van der Waals surface area contributed by atoms with Crippen molar-refractivity contribution in [3.8, 4) is 5.75 Å². The second-order valence-electron chi connectivity index (χ2n) is 4.14. The molecule has 1 aromatic carbocycles. The lowest BCUT2D eigenvalue weighted by molar-refractivity contribution is 0.0948. The number of nitrogens with two attached hydrogens (primary N) is 1. The van der Waals surface area contributed by atoms with Crippen molar-refractivity contribution in [3.63, 3.8) is 0 Å². The number of nitrogens with one attached hydrogen (secondary N) is 1. The van der Waals surface area contributed by atoms with Gasteiger partial charge in [0.25, 0.3) is 5.91 Å². The fraction of sp³-hybridized carbons (Fsp3) is 0.231. The van der Waals surface area contributed by atoms with Gasteiger partial charge in [-0.15, -0.1) is 0 Å². The third-order valence-corrected chi connectivity index (χ3v) is 2.70. The van der Waals surface area contributed by atoms with E-state index in [-0.39, 0.29) is 5.56 Å². The maximum absolute atomic E-state index is 13.7. The van der Waals surface area contributed by atoms with E-state index in [1.165, 1.54) is 31.5 Å². The molecule has 6 nitrogen and oxygen atoms in total. The van der Waals surface area contributed by atoms with Crippen LogP contribution in [-0.2, 0) is 6.54 Å². The number of amides is 1. The molecule has 0 saturated heterocycles. The zero-order valence-corrected chi connectivity index (χ0v) is 11.0. The SMILES string of the molecule is COc1ccc(C(=O)NCCn2cc(N)cn2)c(F)c1. The van der Waals surface area contributed by atoms with Gasteiger partial charge in [0.1, 0.15) is 11.6 Å². The minimum Gasteiger partial charge on any atom is -0.497 e. The number of anilines is 1. The molecule has 0 aliphatic rings. The molecule has 20 heavy (non-hydrogen) atoms. The first kappa shape index (κ1) is 13.9. The van der Waals surface area contributed by atoms with Crippen molar-refractivity contribution in [1.29, 1.82) is 0 Å². The number of aromatic nitrogens is 2. The van der Waals surface area contributed by atoms with E-state index in [0.29, 0.717) is 24.5 Å². The van der Waals surface area contributed by atoms with Gasteiger partial charge in [0.05, 0.1) is 31.1 Å². The Balaban J connectivity index is 1.91. The number of ether oxygens (including phenoxy) is 1. The number of carbonyl (C=O) groups excluding carboxylic acids is 1. The minimum absolute atomic E-state index is 0.0224. The van der Waals surface area contributed by atoms with Gasteiger partial charge in [0.2, 0.25) is 0 Å². The van der Waals surface area contributed by atoms with Gasteiger partial charge in [-0.3, -0.25) is 9.48 Å². The molecule has 106 valence electrons. The summed E-state index contributed by atoms with van der Waals surface area (Å²) in [6, 6.07) is 4.09. The fourth-order valence-electron chi connectivity index (χ4n) is 1.69. The number of benzene rings is 1. The third kappa shape index (κ3) is 3.25. The summed E-state index contributed by atoms with van der Waals surface area (Å²) in [4.78, 5) is 11.8. The molecule has 2 aromatic rings. The summed E-state index contributed by atoms with van der Waals surface area (Å²) < 4.78 is 20.1. The Morgan fingerprint density at radius 3 is 2.95 bits per heavy atom. The van der Waals surface area contributed by atoms with Crippen LogP contribution in [0.15, 0.2) is 30.6 Å². The fourth-order valence-corrected chi connectivity index (χ4v) is 1.69. The van der Waals surface area contributed by atoms with Crippen LogP contribution in [0.2, 0.25) is 0 Å². The van der Waals surface area contributed by atoms with Gasteiger partial charge in [0.15, 0.2) is 0 Å². The quantitative estimate of drug-likeness (QED) is 0.856. The number of rotatable bonds is 5. The van der Waals surface area contributed by atoms with E-state index < -0.39 is 11.7 Å². The van der Waals surface area contributed by atoms with Gasteiger partial charge in [-0.2, -0.15) is 5.10 Å². The lowest BCUT2D eigenvalue weighted by Gasteiger charge is -2.07. The summed E-state index contributed by atoms with van der Waals surface area (Å²) in [5.74, 6) is -0.735. The van der Waals surface area contributed by atoms with Crippen LogP contribution in [0.1, 0.15) is 10.4 Å². The maximum Gasteiger partial charge on any atom is 0.254 e. The molecule has 7 heteroatoms. The van der Waals surface area contributed by atoms with E-state index in [9.17, 15) is 9.18 Å². The van der Waals surface area contributed by atoms with Crippen molar-refractivity contribution in [2.24, 2.45) is 0 Å². The number of hydrogen-bond donors (Lipinski definition) is 2. The number of carbonyl (C=O) groups is 1. The molecule has 0 saturated carbocycles. The van der Waals surface area contributed by atoms with Crippen LogP contribution in [0, 0.1) is 5.82 Å². The molecular formula is C13H15FN4O2. The van der Waals surface area contributed by atoms with Crippen LogP contribution >= 0.6 is 0 Å². The maximum atomic E-state index is 13.7. The largest absolute Gasteiger partial charge is 0.497 e. The molecule has 1 amide bonds. The topological polar surface area (TPSA) is 82.2 Å². The second-order valence-corrected chi connectivity index (χ2v) is 4.14. The Labute approximate surface area is 115 Å². The highest BCUT2D eigenvalue weighted by molar-refractivity contribution is 5.94. The standard InChI is InChI=1S/C13H15FN4O2/c1-20-10-2-3-11(12(14)6-10)13(19)16-4-5-18-8-9(15)7-17-18/h2-3,6-8H,4-5,15H2,1H3,(H,16,19). The van der Waals surface area contributed by atoms with Gasteiger partial charge >= 0.3 is 0 Å². The molecule has 0 atom stereocenters. The number of methoxy groups -OCH3 is 1. The van der Waals surface area contributed by atoms with Gasteiger partial charge in [0, 0.05) is 18.8 Å². The zero-order chi connectivity index (χ0) is 14.5. The molecule has 0 fully saturated rings. The van der Waals surface area contributed by atoms with E-state index >= 15 is 0 Å². The number of halogens is 1. The molecular weight excluding hydrogens is 263 g/mol. The van der Waals surface area contributed by atoms with E-state index in [1.54, 1.807) is 10.9 Å². The van der Waals surface area contributed by atoms with E-state index in [1.807, 2.05) is 0 Å². The summed E-state index contributed by atoms with van der Waals surface area (Å²) in [6.45, 7) is 0.784. The van der Waals surface area contributed by atoms with Crippen LogP contribution in [0.5, 0.6) is 5.75 Å². The van der Waals surface area contributed by atoms with E-state index in [4.69, 9.17) is 10.5 Å². The van der Waals surface area contributed by atoms with Gasteiger partial charge in [-0.05, 0) is 12.1 Å². The Kier molecular flexibility index (Phi) is 4.19. The van der Waals surface area contributed by atoms with Crippen molar-refractivity contribution in [1.82, 2.24) is 15.1 Å². The van der Waals surface area contributed by atoms with Crippen LogP contribution < -0.4 is 15.8 Å². The summed E-state index contributed by atoms with van der Waals surface area (Å²) in [7, 11) is 1.43. The molecule has 0 radical (unpaired) electrons. The molecule has 1 aromatic heterocycles. The van der Waals surface area contributed by atoms with Crippen molar-refractivity contribution in [2.45, 2.75) is 6.54 Å². The zero-order valence-electron chi connectivity index (χ0n) is 11.0. The number of nitrogen functional groups attached to an aromatic ring is 1. The molecule has 2 rings (SSSR count). The molecule has 0 aliphatic carbocycles. The predicted octanol–water partition coefficient (Wildman–Crippen LogP) is 1.04. The first-order chi connectivity index (χ1) is 9.60. The van der Waals surface area contributed by atoms with Crippen LogP contribution in [0.3, 0.4) is 0 Å². The monoisotopic (exact) mass is 278 g/mol. The minimum atomic E-state index is -0.620. The van der Waals surface area contributed by atoms with E-state index in [2.05, 4.69) is 10.4 Å². The van der Waals surface area contributed by atoms with Crippen molar-refractivity contribution < 1.29 is 13.9 Å². The lowest BCUT2D eigenvalue weighted by Crippen LogP contribution is -2.28. The highest BCUT2D eigenvalue weighted by Crippen LogP contribution is 2.15. The molecule has 0 aliphatic heterocycles. The summed E-state index contributed by atoms with van der Waals surface area (Å²) in [6.07, 6.45) is 3.17. The predicted molar refractivity (Wildman–Crippen MR) is 71.9 cm³/mol. The summed E-state index contributed by atoms with van der Waals surface area (Å²) in [5, 5.41) is 6.59. The van der Waals surface area contributed by atoms with Gasteiger partial charge < -0.3 is 15.8 Å². The Hall–Kier alpha value is -2.57. The van der Waals surface area contributed by atoms with Gasteiger partial charge in [-0.25, -0.2) is 4.39 Å². The highest BCUT2D eigenvalue weighted by Gasteiger charge is 2.12. The lowest BCUT2D eigenvalue weighted by atomic mass is 10.2. The first-order valence-electron chi connectivity index (χ1n) is 6.00. The van der Waals surface area contributed by atoms with Crippen molar-refractivity contribution >= 4 is 11.6 Å². The Morgan fingerprint density at radius 2 is 2.35 bits per heavy atom. The molecule has 0 bridgehead atoms. The molecule has 1 heterocycles. The normalized spacial score (nSPS) is 10.3. The van der Waals surface area contributed by atoms with Crippen LogP contribution in [0.4, 0.5) is 10.1 Å². The first-order valence-corrected chi connectivity index (χ1v) is 6.00. The summed E-state index contributed by atoms with van der Waals surface area (Å²) >= 11 is 0. The average molecular weight is 278 g/mol. The third-order valence-electron chi connectivity index (χ3n) is 2.70. The molecule has 3 N–H and O–H groups in total. The second kappa shape index (κ2) is 6.05. The van der Waals surface area contributed by atoms with Crippen LogP contribution in [-0.4, -0.2) is 29.3 Å². The summed E-state index contributed by atoms with van der Waals surface area (Å²) in [5.41, 5.74) is 6.05. The smallest absolute Gasteiger partial charge is 0.254 e. The molecule has 0 unspecified atom stereocenters. The van der Waals surface area contributed by atoms with Crippen molar-refractivity contribution in [2.75, 3.05) is 19.4 Å². The molecule has 0 spiro atoms. The van der Waals surface area contributed by atoms with Crippen molar-refractivity contribution in [3.05, 3.63) is 42.0 Å². The number of nitrogens with zero attached hydrogens (tertiary/aromatic N) is 2.